The second-order valence-corrected chi connectivity index (χ2v) is 6.06. The van der Waals surface area contributed by atoms with Gasteiger partial charge in [0.15, 0.2) is 0 Å². The van der Waals surface area contributed by atoms with Crippen LogP contribution in [-0.2, 0) is 6.42 Å². The molecule has 0 saturated heterocycles. The summed E-state index contributed by atoms with van der Waals surface area (Å²) in [5, 5.41) is 0. The first-order chi connectivity index (χ1) is 10.3. The molecular weight excluding hydrogens is 254 g/mol. The van der Waals surface area contributed by atoms with Gasteiger partial charge in [-0.05, 0) is 55.6 Å². The Labute approximate surface area is 127 Å². The third kappa shape index (κ3) is 3.08. The Hall–Kier alpha value is -1.86. The number of hydrogen-bond acceptors (Lipinski definition) is 1. The maximum absolute atomic E-state index is 2.28. The van der Waals surface area contributed by atoms with Gasteiger partial charge in [0, 0.05) is 6.54 Å². The molecule has 0 amide bonds. The molecule has 0 atom stereocenters. The smallest absolute Gasteiger partial charge is 0.00128 e. The normalized spacial score (nSPS) is 14.4. The van der Waals surface area contributed by atoms with E-state index in [2.05, 4.69) is 73.6 Å². The van der Waals surface area contributed by atoms with Crippen LogP contribution in [0.3, 0.4) is 0 Å². The first-order valence-electron chi connectivity index (χ1n) is 7.76. The number of fused-ring (bicyclic) bond motifs is 1. The van der Waals surface area contributed by atoms with E-state index >= 15 is 0 Å². The van der Waals surface area contributed by atoms with Gasteiger partial charge in [-0.1, -0.05) is 60.2 Å². The Morgan fingerprint density at radius 1 is 0.857 bits per heavy atom. The van der Waals surface area contributed by atoms with E-state index in [1.807, 2.05) is 0 Å². The van der Waals surface area contributed by atoms with E-state index in [-0.39, 0.29) is 0 Å². The average Bonchev–Trinajstić information content (AvgIpc) is 2.53. The van der Waals surface area contributed by atoms with E-state index in [9.17, 15) is 0 Å². The fourth-order valence-corrected chi connectivity index (χ4v) is 3.16. The van der Waals surface area contributed by atoms with Crippen LogP contribution in [-0.4, -0.2) is 25.5 Å². The lowest BCUT2D eigenvalue weighted by atomic mass is 9.81. The highest BCUT2D eigenvalue weighted by atomic mass is 15.0. The molecule has 108 valence electrons. The molecule has 2 aromatic carbocycles. The zero-order valence-electron chi connectivity index (χ0n) is 13.0. The highest BCUT2D eigenvalue weighted by Crippen LogP contribution is 2.37. The van der Waals surface area contributed by atoms with Crippen molar-refractivity contribution in [3.8, 4) is 0 Å². The maximum Gasteiger partial charge on any atom is 0.00128 e. The maximum atomic E-state index is 2.28. The molecule has 1 aliphatic carbocycles. The van der Waals surface area contributed by atoms with Gasteiger partial charge >= 0.3 is 0 Å². The monoisotopic (exact) mass is 277 g/mol. The molecule has 1 nitrogen and oxygen atoms in total. The molecule has 3 rings (SSSR count). The minimum atomic E-state index is 1.12. The SMILES string of the molecule is CN(C)CCC1=C(c2ccccc2)c2ccccc2CC1. The number of benzene rings is 2. The van der Waals surface area contributed by atoms with Gasteiger partial charge in [0.1, 0.15) is 0 Å². The van der Waals surface area contributed by atoms with Crippen LogP contribution in [0, 0.1) is 0 Å². The first-order valence-corrected chi connectivity index (χ1v) is 7.76. The molecule has 1 heteroatoms. The van der Waals surface area contributed by atoms with E-state index in [0.29, 0.717) is 0 Å². The summed E-state index contributed by atoms with van der Waals surface area (Å²) in [5.74, 6) is 0. The molecule has 0 bridgehead atoms. The molecule has 2 aromatic rings. The highest BCUT2D eigenvalue weighted by Gasteiger charge is 2.19. The first kappa shape index (κ1) is 14.1. The van der Waals surface area contributed by atoms with Gasteiger partial charge in [-0.2, -0.15) is 0 Å². The standard InChI is InChI=1S/C20H23N/c1-21(2)15-14-18-13-12-16-8-6-7-11-19(16)20(18)17-9-4-3-5-10-17/h3-11H,12-15H2,1-2H3. The Morgan fingerprint density at radius 2 is 1.57 bits per heavy atom. The molecule has 0 unspecified atom stereocenters. The van der Waals surface area contributed by atoms with Crippen LogP contribution in [0.25, 0.3) is 5.57 Å². The van der Waals surface area contributed by atoms with E-state index in [1.165, 1.54) is 35.1 Å². The van der Waals surface area contributed by atoms with E-state index in [4.69, 9.17) is 0 Å². The summed E-state index contributed by atoms with van der Waals surface area (Å²) in [6, 6.07) is 19.8. The van der Waals surface area contributed by atoms with Crippen molar-refractivity contribution in [1.82, 2.24) is 4.90 Å². The molecule has 0 aliphatic heterocycles. The fraction of sp³-hybridized carbons (Fsp3) is 0.300. The van der Waals surface area contributed by atoms with Crippen LogP contribution in [0.15, 0.2) is 60.2 Å². The van der Waals surface area contributed by atoms with Crippen molar-refractivity contribution in [2.75, 3.05) is 20.6 Å². The number of rotatable bonds is 4. The number of aryl methyl sites for hydroxylation is 1. The van der Waals surface area contributed by atoms with Gasteiger partial charge in [-0.15, -0.1) is 0 Å². The summed E-state index contributed by atoms with van der Waals surface area (Å²) in [7, 11) is 4.30. The molecule has 0 heterocycles. The summed E-state index contributed by atoms with van der Waals surface area (Å²) in [4.78, 5) is 2.27. The van der Waals surface area contributed by atoms with Crippen LogP contribution >= 0.6 is 0 Å². The van der Waals surface area contributed by atoms with Crippen molar-refractivity contribution >= 4 is 5.57 Å². The quantitative estimate of drug-likeness (QED) is 0.801. The fourth-order valence-electron chi connectivity index (χ4n) is 3.16. The minimum Gasteiger partial charge on any atom is -0.309 e. The lowest BCUT2D eigenvalue weighted by molar-refractivity contribution is 0.411. The molecule has 0 aromatic heterocycles. The van der Waals surface area contributed by atoms with Gasteiger partial charge in [0.25, 0.3) is 0 Å². The molecule has 0 spiro atoms. The van der Waals surface area contributed by atoms with Crippen molar-refractivity contribution in [3.05, 3.63) is 76.9 Å². The number of nitrogens with zero attached hydrogens (tertiary/aromatic N) is 1. The molecular formula is C20H23N. The zero-order chi connectivity index (χ0) is 14.7. The highest BCUT2D eigenvalue weighted by molar-refractivity contribution is 5.84. The van der Waals surface area contributed by atoms with Crippen LogP contribution in [0.1, 0.15) is 29.5 Å². The summed E-state index contributed by atoms with van der Waals surface area (Å²) in [6.07, 6.45) is 3.52. The Balaban J connectivity index is 2.08. The molecule has 1 aliphatic rings. The van der Waals surface area contributed by atoms with Gasteiger partial charge < -0.3 is 4.90 Å². The largest absolute Gasteiger partial charge is 0.309 e. The molecule has 0 saturated carbocycles. The van der Waals surface area contributed by atoms with Crippen LogP contribution in [0.4, 0.5) is 0 Å². The summed E-state index contributed by atoms with van der Waals surface area (Å²) < 4.78 is 0. The van der Waals surface area contributed by atoms with Crippen molar-refractivity contribution in [1.29, 1.82) is 0 Å². The van der Waals surface area contributed by atoms with Gasteiger partial charge in [0.2, 0.25) is 0 Å². The lowest BCUT2D eigenvalue weighted by Crippen LogP contribution is -2.16. The van der Waals surface area contributed by atoms with Gasteiger partial charge in [-0.25, -0.2) is 0 Å². The second kappa shape index (κ2) is 6.28. The Kier molecular flexibility index (Phi) is 4.21. The van der Waals surface area contributed by atoms with Crippen LogP contribution in [0.2, 0.25) is 0 Å². The minimum absolute atomic E-state index is 1.12. The Morgan fingerprint density at radius 3 is 2.33 bits per heavy atom. The summed E-state index contributed by atoms with van der Waals surface area (Å²) in [5.41, 5.74) is 7.36. The van der Waals surface area contributed by atoms with E-state index in [0.717, 1.165) is 13.0 Å². The predicted molar refractivity (Wildman–Crippen MR) is 90.4 cm³/mol. The third-order valence-electron chi connectivity index (χ3n) is 4.26. The van der Waals surface area contributed by atoms with Crippen molar-refractivity contribution < 1.29 is 0 Å². The van der Waals surface area contributed by atoms with Gasteiger partial charge in [-0.3, -0.25) is 0 Å². The molecule has 0 radical (unpaired) electrons. The van der Waals surface area contributed by atoms with Crippen molar-refractivity contribution in [2.24, 2.45) is 0 Å². The Bertz CT molecular complexity index is 638. The van der Waals surface area contributed by atoms with E-state index < -0.39 is 0 Å². The predicted octanol–water partition coefficient (Wildman–Crippen LogP) is 4.39. The van der Waals surface area contributed by atoms with Gasteiger partial charge in [0.05, 0.1) is 0 Å². The summed E-state index contributed by atoms with van der Waals surface area (Å²) in [6.45, 7) is 1.12. The van der Waals surface area contributed by atoms with Crippen LogP contribution in [0.5, 0.6) is 0 Å². The van der Waals surface area contributed by atoms with Crippen molar-refractivity contribution in [3.63, 3.8) is 0 Å². The zero-order valence-corrected chi connectivity index (χ0v) is 13.0. The molecule has 0 N–H and O–H groups in total. The molecule has 0 fully saturated rings. The molecule has 21 heavy (non-hydrogen) atoms. The second-order valence-electron chi connectivity index (χ2n) is 6.06. The lowest BCUT2D eigenvalue weighted by Gasteiger charge is -2.25. The topological polar surface area (TPSA) is 3.24 Å². The van der Waals surface area contributed by atoms with E-state index in [1.54, 1.807) is 5.57 Å². The van der Waals surface area contributed by atoms with Crippen LogP contribution < -0.4 is 0 Å². The van der Waals surface area contributed by atoms with Crippen molar-refractivity contribution in [2.45, 2.75) is 19.3 Å². The average molecular weight is 277 g/mol. The number of hydrogen-bond donors (Lipinski definition) is 0. The third-order valence-corrected chi connectivity index (χ3v) is 4.26. The summed E-state index contributed by atoms with van der Waals surface area (Å²) >= 11 is 0.